The highest BCUT2D eigenvalue weighted by Gasteiger charge is 2.24. The zero-order valence-corrected chi connectivity index (χ0v) is 18.9. The van der Waals surface area contributed by atoms with Crippen molar-refractivity contribution < 1.29 is 9.47 Å². The van der Waals surface area contributed by atoms with Crippen molar-refractivity contribution in [2.24, 2.45) is 5.92 Å². The van der Waals surface area contributed by atoms with Gasteiger partial charge in [-0.2, -0.15) is 4.98 Å². The molecule has 1 aliphatic rings. The van der Waals surface area contributed by atoms with Crippen molar-refractivity contribution >= 4 is 35.0 Å². The van der Waals surface area contributed by atoms with Gasteiger partial charge in [0.15, 0.2) is 11.6 Å². The predicted molar refractivity (Wildman–Crippen MR) is 125 cm³/mol. The largest absolute Gasteiger partial charge is 0.493 e. The van der Waals surface area contributed by atoms with Gasteiger partial charge < -0.3 is 20.9 Å². The molecule has 1 fully saturated rings. The average Bonchev–Trinajstić information content (AvgIpc) is 3.52. The number of hydrogen-bond acceptors (Lipinski definition) is 6. The van der Waals surface area contributed by atoms with Crippen molar-refractivity contribution in [2.45, 2.75) is 32.6 Å². The molecule has 0 atom stereocenters. The molecule has 4 N–H and O–H groups in total. The van der Waals surface area contributed by atoms with Crippen LogP contribution in [0.3, 0.4) is 0 Å². The van der Waals surface area contributed by atoms with Crippen LogP contribution in [0.4, 0.5) is 11.8 Å². The standard InChI is InChI=1S/C23H24Cl2N4O2/c1-12(2)17-8-19(30-11-13-3-4-13)18(14-5-15(24)7-16(25)6-14)9-20(17)31-21-10-28-23(27)29-22(21)26/h5-10,12-13H,3-4,11H2,1-2H3,(H4,26,27,28,29). The number of aromatic nitrogens is 2. The summed E-state index contributed by atoms with van der Waals surface area (Å²) in [6.45, 7) is 4.86. The van der Waals surface area contributed by atoms with Gasteiger partial charge >= 0.3 is 0 Å². The molecule has 1 saturated carbocycles. The average molecular weight is 459 g/mol. The molecular weight excluding hydrogens is 435 g/mol. The van der Waals surface area contributed by atoms with E-state index in [4.69, 9.17) is 44.1 Å². The fourth-order valence-electron chi connectivity index (χ4n) is 3.26. The summed E-state index contributed by atoms with van der Waals surface area (Å²) >= 11 is 12.6. The van der Waals surface area contributed by atoms with E-state index in [1.54, 1.807) is 6.07 Å². The lowest BCUT2D eigenvalue weighted by Gasteiger charge is -2.20. The molecule has 31 heavy (non-hydrogen) atoms. The number of nitrogens with zero attached hydrogens (tertiary/aromatic N) is 2. The highest BCUT2D eigenvalue weighted by Crippen LogP contribution is 2.43. The third-order valence-corrected chi connectivity index (χ3v) is 5.54. The molecule has 6 nitrogen and oxygen atoms in total. The minimum Gasteiger partial charge on any atom is -0.493 e. The Morgan fingerprint density at radius 3 is 2.32 bits per heavy atom. The molecule has 1 heterocycles. The molecule has 1 aromatic heterocycles. The summed E-state index contributed by atoms with van der Waals surface area (Å²) in [4.78, 5) is 7.97. The Morgan fingerprint density at radius 2 is 1.71 bits per heavy atom. The van der Waals surface area contributed by atoms with Crippen LogP contribution in [0.2, 0.25) is 10.0 Å². The van der Waals surface area contributed by atoms with E-state index in [1.165, 1.54) is 19.0 Å². The smallest absolute Gasteiger partial charge is 0.222 e. The Morgan fingerprint density at radius 1 is 1.00 bits per heavy atom. The van der Waals surface area contributed by atoms with Crippen LogP contribution in [-0.4, -0.2) is 16.6 Å². The van der Waals surface area contributed by atoms with Crippen LogP contribution >= 0.6 is 23.2 Å². The Labute approximate surface area is 191 Å². The van der Waals surface area contributed by atoms with E-state index in [9.17, 15) is 0 Å². The molecule has 0 spiro atoms. The molecule has 2 aromatic carbocycles. The molecule has 162 valence electrons. The fraction of sp³-hybridized carbons (Fsp3) is 0.304. The first kappa shape index (κ1) is 21.5. The molecule has 0 radical (unpaired) electrons. The maximum Gasteiger partial charge on any atom is 0.222 e. The van der Waals surface area contributed by atoms with Crippen molar-refractivity contribution in [3.63, 3.8) is 0 Å². The minimum atomic E-state index is 0.0898. The highest BCUT2D eigenvalue weighted by atomic mass is 35.5. The summed E-state index contributed by atoms with van der Waals surface area (Å²) in [6, 6.07) is 9.35. The number of benzene rings is 2. The van der Waals surface area contributed by atoms with Crippen molar-refractivity contribution in [1.82, 2.24) is 9.97 Å². The van der Waals surface area contributed by atoms with Crippen LogP contribution in [0.15, 0.2) is 36.5 Å². The molecule has 3 aromatic rings. The minimum absolute atomic E-state index is 0.0898. The second-order valence-corrected chi connectivity index (χ2v) is 8.91. The van der Waals surface area contributed by atoms with E-state index in [0.29, 0.717) is 34.1 Å². The van der Waals surface area contributed by atoms with Gasteiger partial charge in [0.05, 0.1) is 12.8 Å². The number of hydrogen-bond donors (Lipinski definition) is 2. The van der Waals surface area contributed by atoms with Crippen LogP contribution in [0.1, 0.15) is 38.2 Å². The van der Waals surface area contributed by atoms with Gasteiger partial charge in [0.25, 0.3) is 0 Å². The Bertz CT molecular complexity index is 1100. The lowest BCUT2D eigenvalue weighted by Crippen LogP contribution is -2.05. The summed E-state index contributed by atoms with van der Waals surface area (Å²) in [6.07, 6.45) is 3.87. The maximum absolute atomic E-state index is 6.28. The van der Waals surface area contributed by atoms with E-state index in [0.717, 1.165) is 22.4 Å². The van der Waals surface area contributed by atoms with Gasteiger partial charge in [-0.3, -0.25) is 0 Å². The first-order valence-corrected chi connectivity index (χ1v) is 10.9. The van der Waals surface area contributed by atoms with Crippen LogP contribution < -0.4 is 20.9 Å². The summed E-state index contributed by atoms with van der Waals surface area (Å²) in [5, 5.41) is 1.09. The van der Waals surface area contributed by atoms with Gasteiger partial charge in [-0.15, -0.1) is 0 Å². The van der Waals surface area contributed by atoms with Crippen molar-refractivity contribution in [3.05, 3.63) is 52.1 Å². The van der Waals surface area contributed by atoms with Crippen LogP contribution in [0.25, 0.3) is 11.1 Å². The Hall–Kier alpha value is -2.70. The van der Waals surface area contributed by atoms with Gasteiger partial charge in [-0.25, -0.2) is 4.98 Å². The molecule has 0 unspecified atom stereocenters. The molecule has 4 rings (SSSR count). The first-order chi connectivity index (χ1) is 14.8. The van der Waals surface area contributed by atoms with Crippen LogP contribution in [-0.2, 0) is 0 Å². The van der Waals surface area contributed by atoms with Gasteiger partial charge in [0.2, 0.25) is 5.95 Å². The zero-order chi connectivity index (χ0) is 22.1. The second kappa shape index (κ2) is 8.81. The van der Waals surface area contributed by atoms with Gasteiger partial charge in [-0.05, 0) is 60.6 Å². The number of nitrogens with two attached hydrogens (primary N) is 2. The zero-order valence-electron chi connectivity index (χ0n) is 17.4. The maximum atomic E-state index is 6.28. The van der Waals surface area contributed by atoms with Gasteiger partial charge in [0.1, 0.15) is 11.5 Å². The molecule has 0 bridgehead atoms. The summed E-state index contributed by atoms with van der Waals surface area (Å²) in [5.74, 6) is 2.77. The quantitative estimate of drug-likeness (QED) is 0.429. The summed E-state index contributed by atoms with van der Waals surface area (Å²) < 4.78 is 12.4. The van der Waals surface area contributed by atoms with Crippen LogP contribution in [0.5, 0.6) is 17.2 Å². The summed E-state index contributed by atoms with van der Waals surface area (Å²) in [5.41, 5.74) is 14.2. The third-order valence-electron chi connectivity index (χ3n) is 5.10. The normalized spacial score (nSPS) is 13.5. The van der Waals surface area contributed by atoms with E-state index in [1.807, 2.05) is 24.3 Å². The Balaban J connectivity index is 1.82. The monoisotopic (exact) mass is 458 g/mol. The van der Waals surface area contributed by atoms with Gasteiger partial charge in [-0.1, -0.05) is 37.0 Å². The molecule has 0 aliphatic heterocycles. The molecule has 1 aliphatic carbocycles. The number of rotatable bonds is 7. The molecular formula is C23H24Cl2N4O2. The Kier molecular flexibility index (Phi) is 6.12. The number of nitrogen functional groups attached to an aromatic ring is 2. The summed E-state index contributed by atoms with van der Waals surface area (Å²) in [7, 11) is 0. The van der Waals surface area contributed by atoms with E-state index in [2.05, 4.69) is 23.8 Å². The predicted octanol–water partition coefficient (Wildman–Crippen LogP) is 6.32. The molecule has 0 amide bonds. The number of anilines is 2. The lowest BCUT2D eigenvalue weighted by molar-refractivity contribution is 0.300. The molecule has 0 saturated heterocycles. The van der Waals surface area contributed by atoms with Gasteiger partial charge in [0, 0.05) is 21.2 Å². The topological polar surface area (TPSA) is 96.3 Å². The van der Waals surface area contributed by atoms with E-state index < -0.39 is 0 Å². The number of ether oxygens (including phenoxy) is 2. The van der Waals surface area contributed by atoms with Crippen molar-refractivity contribution in [1.29, 1.82) is 0 Å². The van der Waals surface area contributed by atoms with Crippen molar-refractivity contribution in [2.75, 3.05) is 18.1 Å². The molecule has 8 heteroatoms. The number of halogens is 2. The van der Waals surface area contributed by atoms with E-state index in [-0.39, 0.29) is 17.7 Å². The SMILES string of the molecule is CC(C)c1cc(OCC2CC2)c(-c2cc(Cl)cc(Cl)c2)cc1Oc1cnc(N)nc1N. The third kappa shape index (κ3) is 5.14. The van der Waals surface area contributed by atoms with Crippen molar-refractivity contribution in [3.8, 4) is 28.4 Å². The van der Waals surface area contributed by atoms with Crippen LogP contribution in [0, 0.1) is 5.92 Å². The highest BCUT2D eigenvalue weighted by molar-refractivity contribution is 6.35. The first-order valence-electron chi connectivity index (χ1n) is 10.1. The van der Waals surface area contributed by atoms with E-state index >= 15 is 0 Å². The fourth-order valence-corrected chi connectivity index (χ4v) is 3.78. The lowest BCUT2D eigenvalue weighted by atomic mass is 9.96. The second-order valence-electron chi connectivity index (χ2n) is 8.03.